The molecular weight excluding hydrogens is 412 g/mol. The molecule has 0 saturated carbocycles. The first-order valence-corrected chi connectivity index (χ1v) is 10.4. The molecule has 0 aliphatic rings. The van der Waals surface area contributed by atoms with E-state index in [0.29, 0.717) is 15.7 Å². The van der Waals surface area contributed by atoms with Gasteiger partial charge >= 0.3 is 0 Å². The number of aromatic nitrogens is 3. The van der Waals surface area contributed by atoms with Gasteiger partial charge in [-0.3, -0.25) is 14.9 Å². The molecule has 2 aromatic carbocycles. The monoisotopic (exact) mass is 432 g/mol. The van der Waals surface area contributed by atoms with E-state index in [1.54, 1.807) is 18.3 Å². The summed E-state index contributed by atoms with van der Waals surface area (Å²) in [6, 6.07) is 15.1. The molecule has 0 unspecified atom stereocenters. The number of para-hydroxylation sites is 1. The molecule has 31 heavy (non-hydrogen) atoms. The van der Waals surface area contributed by atoms with Crippen molar-refractivity contribution in [3.63, 3.8) is 0 Å². The summed E-state index contributed by atoms with van der Waals surface area (Å²) in [5, 5.41) is 16.5. The Morgan fingerprint density at radius 3 is 2.68 bits per heavy atom. The molecule has 4 rings (SSSR count). The summed E-state index contributed by atoms with van der Waals surface area (Å²) >= 11 is 1.15. The van der Waals surface area contributed by atoms with Crippen LogP contribution in [0.1, 0.15) is 32.2 Å². The van der Waals surface area contributed by atoms with Crippen LogP contribution in [0.25, 0.3) is 10.9 Å². The van der Waals surface area contributed by atoms with Gasteiger partial charge in [0.25, 0.3) is 5.91 Å². The van der Waals surface area contributed by atoms with Crippen LogP contribution in [0.3, 0.4) is 0 Å². The summed E-state index contributed by atoms with van der Waals surface area (Å²) in [7, 11) is 0. The number of hydrogen-bond donors (Lipinski definition) is 3. The van der Waals surface area contributed by atoms with Crippen molar-refractivity contribution in [2.24, 2.45) is 5.10 Å². The minimum Gasteiger partial charge on any atom is -0.358 e. The molecule has 2 aromatic heterocycles. The first-order chi connectivity index (χ1) is 15.0. The minimum atomic E-state index is -0.318. The lowest BCUT2D eigenvalue weighted by atomic mass is 10.1. The quantitative estimate of drug-likeness (QED) is 0.319. The van der Waals surface area contributed by atoms with Crippen LogP contribution in [-0.4, -0.2) is 33.2 Å². The van der Waals surface area contributed by atoms with E-state index in [4.69, 9.17) is 0 Å². The van der Waals surface area contributed by atoms with E-state index in [9.17, 15) is 9.59 Å². The number of fused-ring (bicyclic) bond motifs is 1. The topological polar surface area (TPSA) is 112 Å². The number of aryl methyl sites for hydroxylation is 2. The fraction of sp³-hybridized carbons (Fsp3) is 0.136. The van der Waals surface area contributed by atoms with Gasteiger partial charge in [-0.2, -0.15) is 5.10 Å². The fourth-order valence-electron chi connectivity index (χ4n) is 3.06. The molecule has 0 aliphatic heterocycles. The molecule has 0 aliphatic carbocycles. The lowest BCUT2D eigenvalue weighted by molar-refractivity contribution is -0.120. The molecule has 0 atom stereocenters. The number of aromatic amines is 1. The van der Waals surface area contributed by atoms with Gasteiger partial charge in [0.2, 0.25) is 11.0 Å². The van der Waals surface area contributed by atoms with Crippen molar-refractivity contribution in [1.82, 2.24) is 20.6 Å². The van der Waals surface area contributed by atoms with Gasteiger partial charge in [-0.05, 0) is 32.0 Å². The normalized spacial score (nSPS) is 11.2. The Balaban J connectivity index is 1.33. The molecule has 8 nitrogen and oxygen atoms in total. The number of carbonyl (C=O) groups is 2. The molecule has 4 aromatic rings. The number of amides is 2. The van der Waals surface area contributed by atoms with Gasteiger partial charge < -0.3 is 4.98 Å². The fourth-order valence-corrected chi connectivity index (χ4v) is 3.79. The molecular formula is C22H20N6O2S. The summed E-state index contributed by atoms with van der Waals surface area (Å²) in [6.07, 6.45) is 1.64. The third-order valence-electron chi connectivity index (χ3n) is 4.64. The van der Waals surface area contributed by atoms with Gasteiger partial charge in [0, 0.05) is 27.7 Å². The zero-order valence-electron chi connectivity index (χ0n) is 17.0. The SMILES string of the molecule is Cc1ccc(C(=O)Nc2nnc(CC(=O)NN=Cc3c(C)[nH]c4ccccc34)s2)cc1. The third-order valence-corrected chi connectivity index (χ3v) is 5.48. The van der Waals surface area contributed by atoms with Gasteiger partial charge in [-0.1, -0.05) is 47.2 Å². The number of nitrogens with zero attached hydrogens (tertiary/aromatic N) is 3. The average Bonchev–Trinajstić information content (AvgIpc) is 3.32. The number of rotatable bonds is 6. The van der Waals surface area contributed by atoms with Gasteiger partial charge in [0.05, 0.1) is 12.6 Å². The molecule has 9 heteroatoms. The molecule has 0 saturated heterocycles. The van der Waals surface area contributed by atoms with Crippen LogP contribution < -0.4 is 10.7 Å². The highest BCUT2D eigenvalue weighted by Gasteiger charge is 2.12. The van der Waals surface area contributed by atoms with Gasteiger partial charge in [-0.25, -0.2) is 5.43 Å². The summed E-state index contributed by atoms with van der Waals surface area (Å²) in [4.78, 5) is 27.7. The molecule has 0 bridgehead atoms. The standard InChI is InChI=1S/C22H20N6O2S/c1-13-7-9-15(10-8-13)21(30)25-22-28-27-20(31-22)11-19(29)26-23-12-17-14(2)24-18-6-4-3-5-16(17)18/h3-10,12,24H,11H2,1-2H3,(H,26,29)(H,25,28,30). The lowest BCUT2D eigenvalue weighted by Gasteiger charge is -2.01. The highest BCUT2D eigenvalue weighted by atomic mass is 32.1. The van der Waals surface area contributed by atoms with Gasteiger partial charge in [0.15, 0.2) is 0 Å². The second-order valence-corrected chi connectivity index (χ2v) is 8.06. The number of hydrazone groups is 1. The van der Waals surface area contributed by atoms with Crippen molar-refractivity contribution >= 4 is 45.4 Å². The molecule has 2 amide bonds. The van der Waals surface area contributed by atoms with Crippen LogP contribution in [0.5, 0.6) is 0 Å². The Kier molecular flexibility index (Phi) is 5.85. The molecule has 0 radical (unpaired) electrons. The van der Waals surface area contributed by atoms with Crippen LogP contribution in [-0.2, 0) is 11.2 Å². The molecule has 0 fully saturated rings. The van der Waals surface area contributed by atoms with E-state index in [1.807, 2.05) is 50.2 Å². The van der Waals surface area contributed by atoms with Crippen molar-refractivity contribution in [2.75, 3.05) is 5.32 Å². The zero-order valence-corrected chi connectivity index (χ0v) is 17.8. The maximum atomic E-state index is 12.3. The maximum absolute atomic E-state index is 12.3. The largest absolute Gasteiger partial charge is 0.358 e. The van der Waals surface area contributed by atoms with Crippen LogP contribution in [0, 0.1) is 13.8 Å². The van der Waals surface area contributed by atoms with Crippen LogP contribution in [0.15, 0.2) is 53.6 Å². The van der Waals surface area contributed by atoms with E-state index in [1.165, 1.54) is 0 Å². The highest BCUT2D eigenvalue weighted by Crippen LogP contribution is 2.20. The zero-order chi connectivity index (χ0) is 21.8. The number of benzene rings is 2. The van der Waals surface area contributed by atoms with Crippen LogP contribution in [0.4, 0.5) is 5.13 Å². The Bertz CT molecular complexity index is 1270. The predicted molar refractivity (Wildman–Crippen MR) is 122 cm³/mol. The van der Waals surface area contributed by atoms with Crippen molar-refractivity contribution in [1.29, 1.82) is 0 Å². The van der Waals surface area contributed by atoms with Crippen LogP contribution >= 0.6 is 11.3 Å². The Morgan fingerprint density at radius 1 is 1.10 bits per heavy atom. The number of carbonyl (C=O) groups excluding carboxylic acids is 2. The minimum absolute atomic E-state index is 0.0161. The Morgan fingerprint density at radius 2 is 1.87 bits per heavy atom. The summed E-state index contributed by atoms with van der Waals surface area (Å²) < 4.78 is 0. The molecule has 3 N–H and O–H groups in total. The maximum Gasteiger partial charge on any atom is 0.257 e. The summed E-state index contributed by atoms with van der Waals surface area (Å²) in [6.45, 7) is 3.91. The molecule has 156 valence electrons. The first kappa shape index (κ1) is 20.4. The number of anilines is 1. The number of nitrogens with one attached hydrogen (secondary N) is 3. The van der Waals surface area contributed by atoms with E-state index in [-0.39, 0.29) is 18.2 Å². The summed E-state index contributed by atoms with van der Waals surface area (Å²) in [5.41, 5.74) is 7.02. The lowest BCUT2D eigenvalue weighted by Crippen LogP contribution is -2.19. The number of hydrogen-bond acceptors (Lipinski definition) is 6. The van der Waals surface area contributed by atoms with Crippen molar-refractivity contribution < 1.29 is 9.59 Å². The van der Waals surface area contributed by atoms with Crippen molar-refractivity contribution in [2.45, 2.75) is 20.3 Å². The molecule has 0 spiro atoms. The van der Waals surface area contributed by atoms with Gasteiger partial charge in [-0.15, -0.1) is 10.2 Å². The van der Waals surface area contributed by atoms with Crippen molar-refractivity contribution in [3.8, 4) is 0 Å². The Labute approximate surface area is 182 Å². The molecule has 2 heterocycles. The van der Waals surface area contributed by atoms with Crippen molar-refractivity contribution in [3.05, 3.63) is 75.9 Å². The Hall–Kier alpha value is -3.85. The number of H-pyrrole nitrogens is 1. The van der Waals surface area contributed by atoms with E-state index < -0.39 is 0 Å². The smallest absolute Gasteiger partial charge is 0.257 e. The first-order valence-electron chi connectivity index (χ1n) is 9.59. The third kappa shape index (κ3) is 4.84. The predicted octanol–water partition coefficient (Wildman–Crippen LogP) is 3.58. The van der Waals surface area contributed by atoms with E-state index >= 15 is 0 Å². The van der Waals surface area contributed by atoms with Gasteiger partial charge in [0.1, 0.15) is 5.01 Å². The van der Waals surface area contributed by atoms with E-state index in [2.05, 4.69) is 31.0 Å². The van der Waals surface area contributed by atoms with Crippen LogP contribution in [0.2, 0.25) is 0 Å². The second-order valence-electron chi connectivity index (χ2n) is 7.00. The average molecular weight is 433 g/mol. The second kappa shape index (κ2) is 8.88. The highest BCUT2D eigenvalue weighted by molar-refractivity contribution is 7.15. The summed E-state index contributed by atoms with van der Waals surface area (Å²) in [5.74, 6) is -0.591. The van der Waals surface area contributed by atoms with E-state index in [0.717, 1.165) is 39.1 Å².